The predicted octanol–water partition coefficient (Wildman–Crippen LogP) is 4.92. The number of carbonyl (C=O) groups excluding carboxylic acids is 2. The zero-order chi connectivity index (χ0) is 33.7. The maximum atomic E-state index is 13.0. The van der Waals surface area contributed by atoms with Gasteiger partial charge in [0.15, 0.2) is 11.5 Å². The number of amides is 2. The molecule has 7 rings (SSSR count). The number of imidazole rings is 1. The summed E-state index contributed by atoms with van der Waals surface area (Å²) in [6.45, 7) is 2.48. The fourth-order valence-electron chi connectivity index (χ4n) is 5.95. The summed E-state index contributed by atoms with van der Waals surface area (Å²) >= 11 is 0. The summed E-state index contributed by atoms with van der Waals surface area (Å²) in [5, 5.41) is 12.0. The van der Waals surface area contributed by atoms with Gasteiger partial charge in [-0.2, -0.15) is 5.10 Å². The van der Waals surface area contributed by atoms with E-state index < -0.39 is 0 Å². The first-order chi connectivity index (χ1) is 23.9. The van der Waals surface area contributed by atoms with Crippen molar-refractivity contribution in [3.05, 3.63) is 96.5 Å². The molecule has 49 heavy (non-hydrogen) atoms. The highest BCUT2D eigenvalue weighted by Crippen LogP contribution is 2.35. The van der Waals surface area contributed by atoms with Crippen molar-refractivity contribution in [2.45, 2.75) is 37.9 Å². The molecule has 3 N–H and O–H groups in total. The Morgan fingerprint density at radius 1 is 1.02 bits per heavy atom. The molecule has 4 heterocycles. The molecule has 2 fully saturated rings. The number of likely N-dealkylation sites (N-methyl/N-ethyl adjacent to an activating group) is 1. The van der Waals surface area contributed by atoms with E-state index >= 15 is 0 Å². The maximum absolute atomic E-state index is 13.0. The number of ether oxygens (including phenoxy) is 2. The van der Waals surface area contributed by atoms with E-state index in [1.807, 2.05) is 39.9 Å². The molecule has 2 aliphatic rings. The number of carbonyl (C=O) groups is 2. The Labute approximate surface area is 283 Å². The van der Waals surface area contributed by atoms with E-state index in [1.165, 1.54) is 12.8 Å². The van der Waals surface area contributed by atoms with Gasteiger partial charge in [0.25, 0.3) is 5.91 Å². The largest absolute Gasteiger partial charge is 0.497 e. The van der Waals surface area contributed by atoms with E-state index in [1.54, 1.807) is 62.1 Å². The molecule has 0 unspecified atom stereocenters. The summed E-state index contributed by atoms with van der Waals surface area (Å²) in [6.07, 6.45) is 11.8. The molecule has 1 saturated heterocycles. The average Bonchev–Trinajstić information content (AvgIpc) is 3.47. The summed E-state index contributed by atoms with van der Waals surface area (Å²) in [5.41, 5.74) is 2.15. The number of nitrogens with one attached hydrogen (secondary N) is 3. The third-order valence-electron chi connectivity index (χ3n) is 8.83. The summed E-state index contributed by atoms with van der Waals surface area (Å²) in [5.74, 6) is 2.63. The van der Waals surface area contributed by atoms with E-state index in [-0.39, 0.29) is 17.9 Å². The number of pyridine rings is 1. The van der Waals surface area contributed by atoms with E-state index in [9.17, 15) is 9.59 Å². The lowest BCUT2D eigenvalue weighted by molar-refractivity contribution is -0.125. The Morgan fingerprint density at radius 2 is 1.82 bits per heavy atom. The van der Waals surface area contributed by atoms with Gasteiger partial charge in [-0.25, -0.2) is 14.6 Å². The van der Waals surface area contributed by atoms with Crippen LogP contribution in [0.2, 0.25) is 0 Å². The minimum absolute atomic E-state index is 0.000891. The third kappa shape index (κ3) is 7.57. The molecule has 3 aromatic heterocycles. The molecular formula is C36H39N9O4. The number of H-pyrrole nitrogens is 1. The number of nitrogens with zero attached hydrogens (tertiary/aromatic N) is 6. The minimum Gasteiger partial charge on any atom is -0.497 e. The highest BCUT2D eigenvalue weighted by atomic mass is 16.5. The normalized spacial score (nSPS) is 16.1. The molecule has 1 atom stereocenters. The van der Waals surface area contributed by atoms with Crippen molar-refractivity contribution in [3.8, 4) is 17.2 Å². The standard InChI is InChI=1S/C36H39N9O4/c1-43(27-9-10-27)20-3-4-31(46)44-21-16-26(23-44)40-33-32-30(49-29-13-7-25(8-14-29)35(47)41-36-38-18-19-39-36)15-17-37-34(32)45(42-33)22-24-5-11-28(48-2)12-6-24/h3-8,11-15,17-19,26-27H,9-10,16,20-23H2,1-2H3,(H,40,42)(H2,38,39,41,47)/b4-3+/t26-/m1/s1. The summed E-state index contributed by atoms with van der Waals surface area (Å²) < 4.78 is 13.6. The van der Waals surface area contributed by atoms with Gasteiger partial charge in [-0.15, -0.1) is 0 Å². The van der Waals surface area contributed by atoms with Crippen molar-refractivity contribution in [2.24, 2.45) is 0 Å². The van der Waals surface area contributed by atoms with Gasteiger partial charge in [0.2, 0.25) is 11.9 Å². The molecular weight excluding hydrogens is 622 g/mol. The first-order valence-electron chi connectivity index (χ1n) is 16.4. The number of aromatic nitrogens is 5. The SMILES string of the molecule is COc1ccc(Cn2nc(N[C@@H]3CCN(C(=O)/C=C/CN(C)C4CC4)C3)c3c(Oc4ccc(C(=O)Nc5ncc[nH]5)cc4)ccnc32)cc1. The molecule has 2 amide bonds. The third-order valence-corrected chi connectivity index (χ3v) is 8.83. The maximum Gasteiger partial charge on any atom is 0.257 e. The number of anilines is 2. The summed E-state index contributed by atoms with van der Waals surface area (Å²) in [4.78, 5) is 41.4. The molecule has 1 saturated carbocycles. The Balaban J connectivity index is 1.11. The van der Waals surface area contributed by atoms with Gasteiger partial charge in [0.05, 0.1) is 13.7 Å². The Morgan fingerprint density at radius 3 is 2.55 bits per heavy atom. The molecule has 2 aromatic carbocycles. The van der Waals surface area contributed by atoms with Crippen LogP contribution in [0.4, 0.5) is 11.8 Å². The second-order valence-electron chi connectivity index (χ2n) is 12.4. The highest BCUT2D eigenvalue weighted by Gasteiger charge is 2.28. The van der Waals surface area contributed by atoms with Crippen LogP contribution >= 0.6 is 0 Å². The van der Waals surface area contributed by atoms with Crippen LogP contribution in [-0.2, 0) is 11.3 Å². The monoisotopic (exact) mass is 661 g/mol. The number of rotatable bonds is 13. The number of methoxy groups -OCH3 is 1. The second-order valence-corrected chi connectivity index (χ2v) is 12.4. The van der Waals surface area contributed by atoms with Crippen LogP contribution < -0.4 is 20.1 Å². The van der Waals surface area contributed by atoms with Crippen molar-refractivity contribution in [3.63, 3.8) is 0 Å². The van der Waals surface area contributed by atoms with Crippen LogP contribution in [-0.4, -0.2) is 92.2 Å². The number of fused-ring (bicyclic) bond motifs is 1. The van der Waals surface area contributed by atoms with E-state index in [0.717, 1.165) is 29.7 Å². The van der Waals surface area contributed by atoms with Gasteiger partial charge in [-0.05, 0) is 68.3 Å². The van der Waals surface area contributed by atoms with Gasteiger partial charge in [0, 0.05) is 68.0 Å². The van der Waals surface area contributed by atoms with Gasteiger partial charge in [-0.1, -0.05) is 18.2 Å². The molecule has 1 aliphatic heterocycles. The Bertz CT molecular complexity index is 1930. The van der Waals surface area contributed by atoms with Crippen molar-refractivity contribution in [2.75, 3.05) is 44.4 Å². The quantitative estimate of drug-likeness (QED) is 0.150. The van der Waals surface area contributed by atoms with Crippen LogP contribution in [0.15, 0.2) is 85.3 Å². The molecule has 13 heteroatoms. The average molecular weight is 662 g/mol. The number of aromatic amines is 1. The van der Waals surface area contributed by atoms with Gasteiger partial charge < -0.3 is 24.7 Å². The van der Waals surface area contributed by atoms with Crippen molar-refractivity contribution >= 4 is 34.6 Å². The number of likely N-dealkylation sites (tertiary alicyclic amines) is 1. The lowest BCUT2D eigenvalue weighted by Gasteiger charge is -2.16. The molecule has 0 spiro atoms. The van der Waals surface area contributed by atoms with Gasteiger partial charge in [0.1, 0.15) is 22.6 Å². The lowest BCUT2D eigenvalue weighted by Crippen LogP contribution is -2.30. The zero-order valence-electron chi connectivity index (χ0n) is 27.5. The van der Waals surface area contributed by atoms with Crippen molar-refractivity contribution in [1.29, 1.82) is 0 Å². The van der Waals surface area contributed by atoms with Crippen LogP contribution in [0.1, 0.15) is 35.2 Å². The molecule has 0 bridgehead atoms. The van der Waals surface area contributed by atoms with Crippen LogP contribution in [0.25, 0.3) is 11.0 Å². The fourth-order valence-corrected chi connectivity index (χ4v) is 5.95. The van der Waals surface area contributed by atoms with Crippen molar-refractivity contribution < 1.29 is 19.1 Å². The van der Waals surface area contributed by atoms with Crippen LogP contribution in [0.3, 0.4) is 0 Å². The second kappa shape index (κ2) is 14.2. The fraction of sp³-hybridized carbons (Fsp3) is 0.306. The summed E-state index contributed by atoms with van der Waals surface area (Å²) in [6, 6.07) is 17.2. The smallest absolute Gasteiger partial charge is 0.257 e. The molecule has 5 aromatic rings. The highest BCUT2D eigenvalue weighted by molar-refractivity contribution is 6.03. The number of hydrogen-bond acceptors (Lipinski definition) is 9. The zero-order valence-corrected chi connectivity index (χ0v) is 27.5. The van der Waals surface area contributed by atoms with Crippen LogP contribution in [0, 0.1) is 0 Å². The van der Waals surface area contributed by atoms with Crippen LogP contribution in [0.5, 0.6) is 17.2 Å². The first-order valence-corrected chi connectivity index (χ1v) is 16.4. The molecule has 252 valence electrons. The lowest BCUT2D eigenvalue weighted by atomic mass is 10.2. The molecule has 0 radical (unpaired) electrons. The Hall–Kier alpha value is -5.69. The predicted molar refractivity (Wildman–Crippen MR) is 186 cm³/mol. The topological polar surface area (TPSA) is 143 Å². The summed E-state index contributed by atoms with van der Waals surface area (Å²) in [7, 11) is 3.75. The van der Waals surface area contributed by atoms with Gasteiger partial charge >= 0.3 is 0 Å². The van der Waals surface area contributed by atoms with E-state index in [0.29, 0.717) is 60.2 Å². The Kier molecular flexibility index (Phi) is 9.24. The number of hydrogen-bond donors (Lipinski definition) is 3. The van der Waals surface area contributed by atoms with Gasteiger partial charge in [-0.3, -0.25) is 19.8 Å². The minimum atomic E-state index is -0.288. The molecule has 13 nitrogen and oxygen atoms in total. The number of benzene rings is 2. The van der Waals surface area contributed by atoms with Crippen molar-refractivity contribution in [1.82, 2.24) is 34.5 Å². The van der Waals surface area contributed by atoms with E-state index in [2.05, 4.69) is 32.5 Å². The molecule has 1 aliphatic carbocycles. The first kappa shape index (κ1) is 31.9. The van der Waals surface area contributed by atoms with E-state index in [4.69, 9.17) is 19.6 Å².